The van der Waals surface area contributed by atoms with Gasteiger partial charge in [-0.3, -0.25) is 0 Å². The molecule has 0 saturated heterocycles. The smallest absolute Gasteiger partial charge is 0.106 e. The second kappa shape index (κ2) is 4.54. The molecule has 0 radical (unpaired) electrons. The third kappa shape index (κ3) is 2.55. The Morgan fingerprint density at radius 3 is 2.92 bits per heavy atom. The molecular formula is C8H11BrN2O. The van der Waals surface area contributed by atoms with Crippen LogP contribution in [0.1, 0.15) is 11.6 Å². The zero-order valence-electron chi connectivity index (χ0n) is 6.83. The Morgan fingerprint density at radius 1 is 1.67 bits per heavy atom. The number of pyridine rings is 1. The van der Waals surface area contributed by atoms with Gasteiger partial charge in [-0.05, 0) is 27.6 Å². The molecule has 66 valence electrons. The Labute approximate surface area is 80.1 Å². The number of aromatic nitrogens is 1. The Bertz CT molecular complexity index is 237. The molecule has 2 N–H and O–H groups in total. The highest BCUT2D eigenvalue weighted by molar-refractivity contribution is 9.10. The first-order chi connectivity index (χ1) is 5.74. The summed E-state index contributed by atoms with van der Waals surface area (Å²) in [6.07, 6.45) is 1.74. The van der Waals surface area contributed by atoms with Gasteiger partial charge in [-0.2, -0.15) is 0 Å². The number of hydrogen-bond donors (Lipinski definition) is 1. The largest absolute Gasteiger partial charge is 0.383 e. The number of ether oxygens (including phenoxy) is 1. The maximum Gasteiger partial charge on any atom is 0.106 e. The maximum absolute atomic E-state index is 5.78. The van der Waals surface area contributed by atoms with Crippen LogP contribution >= 0.6 is 15.9 Å². The molecule has 0 spiro atoms. The van der Waals surface area contributed by atoms with Gasteiger partial charge >= 0.3 is 0 Å². The number of rotatable bonds is 3. The molecule has 0 saturated carbocycles. The van der Waals surface area contributed by atoms with Crippen molar-refractivity contribution in [1.29, 1.82) is 0 Å². The third-order valence-corrected chi connectivity index (χ3v) is 1.99. The topological polar surface area (TPSA) is 48.1 Å². The Balaban J connectivity index is 2.68. The molecule has 0 fully saturated rings. The van der Waals surface area contributed by atoms with Gasteiger partial charge in [0, 0.05) is 13.3 Å². The first-order valence-electron chi connectivity index (χ1n) is 3.60. The van der Waals surface area contributed by atoms with E-state index in [0.29, 0.717) is 6.61 Å². The van der Waals surface area contributed by atoms with Crippen LogP contribution in [0, 0.1) is 0 Å². The summed E-state index contributed by atoms with van der Waals surface area (Å²) in [5, 5.41) is 0. The molecule has 1 atom stereocenters. The zero-order valence-corrected chi connectivity index (χ0v) is 8.41. The standard InChI is InChI=1S/C8H11BrN2O/c1-12-5-7(10)6-2-3-8(9)11-4-6/h2-4,7H,5,10H2,1H3/t7-/m0/s1. The first kappa shape index (κ1) is 9.64. The van der Waals surface area contributed by atoms with Crippen LogP contribution in [0.25, 0.3) is 0 Å². The summed E-state index contributed by atoms with van der Waals surface area (Å²) < 4.78 is 5.74. The van der Waals surface area contributed by atoms with Crippen molar-refractivity contribution in [3.05, 3.63) is 28.5 Å². The molecule has 4 heteroatoms. The van der Waals surface area contributed by atoms with Crippen molar-refractivity contribution in [2.75, 3.05) is 13.7 Å². The number of hydrogen-bond acceptors (Lipinski definition) is 3. The highest BCUT2D eigenvalue weighted by Gasteiger charge is 2.04. The third-order valence-electron chi connectivity index (χ3n) is 1.52. The Hall–Kier alpha value is -0.450. The summed E-state index contributed by atoms with van der Waals surface area (Å²) in [5.74, 6) is 0. The van der Waals surface area contributed by atoms with E-state index in [-0.39, 0.29) is 6.04 Å². The van der Waals surface area contributed by atoms with Gasteiger partial charge in [0.1, 0.15) is 4.60 Å². The SMILES string of the molecule is COC[C@H](N)c1ccc(Br)nc1. The molecule has 1 aromatic rings. The molecular weight excluding hydrogens is 220 g/mol. The van der Waals surface area contributed by atoms with Crippen molar-refractivity contribution in [3.63, 3.8) is 0 Å². The molecule has 0 aliphatic rings. The normalized spacial score (nSPS) is 12.9. The molecule has 3 nitrogen and oxygen atoms in total. The van der Waals surface area contributed by atoms with E-state index in [1.165, 1.54) is 0 Å². The lowest BCUT2D eigenvalue weighted by Gasteiger charge is -2.09. The fourth-order valence-electron chi connectivity index (χ4n) is 0.882. The lowest BCUT2D eigenvalue weighted by atomic mass is 10.1. The van der Waals surface area contributed by atoms with E-state index in [2.05, 4.69) is 20.9 Å². The van der Waals surface area contributed by atoms with Crippen LogP contribution in [0.2, 0.25) is 0 Å². The van der Waals surface area contributed by atoms with E-state index >= 15 is 0 Å². The van der Waals surface area contributed by atoms with E-state index < -0.39 is 0 Å². The predicted molar refractivity (Wildman–Crippen MR) is 50.7 cm³/mol. The maximum atomic E-state index is 5.78. The summed E-state index contributed by atoms with van der Waals surface area (Å²) in [7, 11) is 1.63. The summed E-state index contributed by atoms with van der Waals surface area (Å²) in [5.41, 5.74) is 6.76. The fraction of sp³-hybridized carbons (Fsp3) is 0.375. The van der Waals surface area contributed by atoms with Crippen molar-refractivity contribution in [1.82, 2.24) is 4.98 Å². The summed E-state index contributed by atoms with van der Waals surface area (Å²) in [6.45, 7) is 0.517. The van der Waals surface area contributed by atoms with Crippen molar-refractivity contribution in [2.45, 2.75) is 6.04 Å². The highest BCUT2D eigenvalue weighted by atomic mass is 79.9. The number of nitrogens with two attached hydrogens (primary N) is 1. The summed E-state index contributed by atoms with van der Waals surface area (Å²) in [6, 6.07) is 3.71. The van der Waals surface area contributed by atoms with Crippen LogP contribution in [-0.2, 0) is 4.74 Å². The monoisotopic (exact) mass is 230 g/mol. The quantitative estimate of drug-likeness (QED) is 0.801. The van der Waals surface area contributed by atoms with Gasteiger partial charge in [-0.1, -0.05) is 6.07 Å². The van der Waals surface area contributed by atoms with Crippen LogP contribution in [0.4, 0.5) is 0 Å². The van der Waals surface area contributed by atoms with Crippen molar-refractivity contribution >= 4 is 15.9 Å². The van der Waals surface area contributed by atoms with E-state index in [9.17, 15) is 0 Å². The van der Waals surface area contributed by atoms with Crippen LogP contribution in [0.15, 0.2) is 22.9 Å². The van der Waals surface area contributed by atoms with Gasteiger partial charge in [0.25, 0.3) is 0 Å². The molecule has 1 aromatic heterocycles. The minimum Gasteiger partial charge on any atom is -0.383 e. The average Bonchev–Trinajstić information content (AvgIpc) is 2.06. The van der Waals surface area contributed by atoms with Gasteiger partial charge in [-0.15, -0.1) is 0 Å². The number of halogens is 1. The summed E-state index contributed by atoms with van der Waals surface area (Å²) in [4.78, 5) is 4.06. The van der Waals surface area contributed by atoms with Gasteiger partial charge in [0.15, 0.2) is 0 Å². The number of methoxy groups -OCH3 is 1. The zero-order chi connectivity index (χ0) is 8.97. The van der Waals surface area contributed by atoms with Gasteiger partial charge in [0.05, 0.1) is 12.6 Å². The fourth-order valence-corrected chi connectivity index (χ4v) is 1.12. The second-order valence-electron chi connectivity index (χ2n) is 2.48. The molecule has 0 aliphatic carbocycles. The van der Waals surface area contributed by atoms with Crippen molar-refractivity contribution in [3.8, 4) is 0 Å². The Kier molecular flexibility index (Phi) is 3.65. The molecule has 0 aliphatic heterocycles. The minimum atomic E-state index is -0.0874. The molecule has 0 aromatic carbocycles. The highest BCUT2D eigenvalue weighted by Crippen LogP contribution is 2.12. The van der Waals surface area contributed by atoms with Gasteiger partial charge < -0.3 is 10.5 Å². The number of nitrogens with zero attached hydrogens (tertiary/aromatic N) is 1. The van der Waals surface area contributed by atoms with Gasteiger partial charge in [-0.25, -0.2) is 4.98 Å². The van der Waals surface area contributed by atoms with Crippen LogP contribution < -0.4 is 5.73 Å². The molecule has 0 bridgehead atoms. The van der Waals surface area contributed by atoms with E-state index in [0.717, 1.165) is 10.2 Å². The first-order valence-corrected chi connectivity index (χ1v) is 4.39. The van der Waals surface area contributed by atoms with Crippen LogP contribution in [-0.4, -0.2) is 18.7 Å². The van der Waals surface area contributed by atoms with Crippen molar-refractivity contribution in [2.24, 2.45) is 5.73 Å². The van der Waals surface area contributed by atoms with E-state index in [1.54, 1.807) is 13.3 Å². The lowest BCUT2D eigenvalue weighted by molar-refractivity contribution is 0.181. The Morgan fingerprint density at radius 2 is 2.42 bits per heavy atom. The second-order valence-corrected chi connectivity index (χ2v) is 3.29. The van der Waals surface area contributed by atoms with E-state index in [1.807, 2.05) is 12.1 Å². The summed E-state index contributed by atoms with van der Waals surface area (Å²) >= 11 is 3.25. The lowest BCUT2D eigenvalue weighted by Crippen LogP contribution is -2.16. The molecule has 12 heavy (non-hydrogen) atoms. The minimum absolute atomic E-state index is 0.0874. The molecule has 1 heterocycles. The van der Waals surface area contributed by atoms with E-state index in [4.69, 9.17) is 10.5 Å². The molecule has 1 rings (SSSR count). The average molecular weight is 231 g/mol. The molecule has 0 amide bonds. The molecule has 0 unspecified atom stereocenters. The van der Waals surface area contributed by atoms with Crippen LogP contribution in [0.3, 0.4) is 0 Å². The van der Waals surface area contributed by atoms with Crippen molar-refractivity contribution < 1.29 is 4.74 Å². The van der Waals surface area contributed by atoms with Crippen LogP contribution in [0.5, 0.6) is 0 Å². The predicted octanol–water partition coefficient (Wildman–Crippen LogP) is 1.49. The van der Waals surface area contributed by atoms with Gasteiger partial charge in [0.2, 0.25) is 0 Å².